The molecule has 4 aromatic rings. The molecule has 1 heterocycles. The number of aliphatic hydroxyl groups is 1. The average Bonchev–Trinajstić information content (AvgIpc) is 3.26. The second-order valence-corrected chi connectivity index (χ2v) is 12.5. The van der Waals surface area contributed by atoms with Gasteiger partial charge in [-0.15, -0.1) is 0 Å². The molecule has 1 aromatic heterocycles. The molecule has 0 aliphatic rings. The second-order valence-electron chi connectivity index (χ2n) is 12.5. The van der Waals surface area contributed by atoms with Crippen LogP contribution in [-0.2, 0) is 31.9 Å². The smallest absolute Gasteiger partial charge is 0.157 e. The van der Waals surface area contributed by atoms with Crippen LogP contribution in [0.1, 0.15) is 56.7 Å². The first-order valence-corrected chi connectivity index (χ1v) is 16.0. The highest BCUT2D eigenvalue weighted by Crippen LogP contribution is 2.31. The van der Waals surface area contributed by atoms with Crippen molar-refractivity contribution in [1.82, 2.24) is 4.57 Å². The third kappa shape index (κ3) is 10.9. The molecule has 3 aromatic carbocycles. The molecule has 44 heavy (non-hydrogen) atoms. The lowest BCUT2D eigenvalue weighted by molar-refractivity contribution is -0.173. The summed E-state index contributed by atoms with van der Waals surface area (Å²) in [6.45, 7) is 14.5. The summed E-state index contributed by atoms with van der Waals surface area (Å²) < 4.78 is 30.5. The maximum atomic E-state index is 9.79. The van der Waals surface area contributed by atoms with Crippen LogP contribution in [0.4, 0.5) is 0 Å². The maximum Gasteiger partial charge on any atom is 0.157 e. The molecule has 0 spiro atoms. The number of benzene rings is 3. The van der Waals surface area contributed by atoms with Gasteiger partial charge in [-0.1, -0.05) is 35.4 Å². The van der Waals surface area contributed by atoms with Gasteiger partial charge in [0, 0.05) is 34.8 Å². The summed E-state index contributed by atoms with van der Waals surface area (Å²) in [6, 6.07) is 22.0. The van der Waals surface area contributed by atoms with E-state index >= 15 is 0 Å². The van der Waals surface area contributed by atoms with E-state index in [1.807, 2.05) is 26.8 Å². The molecule has 1 unspecified atom stereocenters. The molecule has 7 heteroatoms. The van der Waals surface area contributed by atoms with E-state index in [2.05, 4.69) is 73.0 Å². The van der Waals surface area contributed by atoms with Crippen LogP contribution in [0.15, 0.2) is 60.7 Å². The van der Waals surface area contributed by atoms with Crippen molar-refractivity contribution in [3.63, 3.8) is 0 Å². The normalized spacial score (nSPS) is 12.8. The summed E-state index contributed by atoms with van der Waals surface area (Å²) in [5, 5.41) is 12.5. The molecule has 0 saturated carbocycles. The SMILES string of the molecule is Cc1ccc2c(c1)c1cc(C)ccc1n2CCCCc1cccc(OCCOCCOCCOCCC(O)OC(C)(C)C)c1. The molecule has 0 aliphatic carbocycles. The lowest BCUT2D eigenvalue weighted by Gasteiger charge is -2.23. The largest absolute Gasteiger partial charge is 0.491 e. The van der Waals surface area contributed by atoms with E-state index in [0.717, 1.165) is 31.6 Å². The third-order valence-electron chi connectivity index (χ3n) is 7.41. The molecule has 1 atom stereocenters. The van der Waals surface area contributed by atoms with Gasteiger partial charge in [0.15, 0.2) is 6.29 Å². The van der Waals surface area contributed by atoms with Gasteiger partial charge in [-0.25, -0.2) is 0 Å². The van der Waals surface area contributed by atoms with E-state index in [1.54, 1.807) is 0 Å². The number of hydrogen-bond acceptors (Lipinski definition) is 6. The fraction of sp³-hybridized carbons (Fsp3) is 0.514. The van der Waals surface area contributed by atoms with Gasteiger partial charge < -0.3 is 33.4 Å². The Labute approximate surface area is 263 Å². The van der Waals surface area contributed by atoms with E-state index in [0.29, 0.717) is 52.7 Å². The van der Waals surface area contributed by atoms with Crippen LogP contribution >= 0.6 is 0 Å². The van der Waals surface area contributed by atoms with Crippen molar-refractivity contribution in [3.8, 4) is 5.75 Å². The lowest BCUT2D eigenvalue weighted by Crippen LogP contribution is -2.28. The molecular weight excluding hydrogens is 554 g/mol. The van der Waals surface area contributed by atoms with Crippen LogP contribution in [0.5, 0.6) is 5.75 Å². The molecule has 0 bridgehead atoms. The van der Waals surface area contributed by atoms with Crippen LogP contribution in [0, 0.1) is 13.8 Å². The molecule has 4 rings (SSSR count). The topological polar surface area (TPSA) is 71.3 Å². The highest BCUT2D eigenvalue weighted by atomic mass is 16.6. The fourth-order valence-electron chi connectivity index (χ4n) is 5.37. The first kappa shape index (κ1) is 33.9. The summed E-state index contributed by atoms with van der Waals surface area (Å²) in [5.74, 6) is 0.880. The number of fused-ring (bicyclic) bond motifs is 3. The van der Waals surface area contributed by atoms with Crippen LogP contribution in [0.3, 0.4) is 0 Å². The first-order chi connectivity index (χ1) is 21.2. The van der Waals surface area contributed by atoms with Gasteiger partial charge in [0.25, 0.3) is 0 Å². The lowest BCUT2D eigenvalue weighted by atomic mass is 10.1. The third-order valence-corrected chi connectivity index (χ3v) is 7.41. The van der Waals surface area contributed by atoms with E-state index in [9.17, 15) is 5.11 Å². The van der Waals surface area contributed by atoms with Crippen molar-refractivity contribution >= 4 is 21.8 Å². The number of nitrogens with zero attached hydrogens (tertiary/aromatic N) is 1. The second kappa shape index (κ2) is 16.9. The highest BCUT2D eigenvalue weighted by molar-refractivity contribution is 6.08. The number of unbranched alkanes of at least 4 members (excludes halogenated alkanes) is 1. The van der Waals surface area contributed by atoms with Crippen LogP contribution in [0.2, 0.25) is 0 Å². The standard InChI is InChI=1S/C37H51NO6/c1-28-12-14-34-32(25-28)33-26-29(2)13-15-35(33)38(34)17-7-6-9-30-10-8-11-31(27-30)43-24-23-42-22-21-41-20-19-40-18-16-36(39)44-37(3,4)5/h8,10-15,25-27,36,39H,6-7,9,16-24H2,1-5H3. The molecule has 240 valence electrons. The van der Waals surface area contributed by atoms with E-state index < -0.39 is 6.29 Å². The van der Waals surface area contributed by atoms with Crippen molar-refractivity contribution in [2.45, 2.75) is 78.7 Å². The Balaban J connectivity index is 1.07. The molecule has 0 fully saturated rings. The molecular formula is C37H51NO6. The Morgan fingerprint density at radius 1 is 0.705 bits per heavy atom. The van der Waals surface area contributed by atoms with Gasteiger partial charge >= 0.3 is 0 Å². The van der Waals surface area contributed by atoms with Crippen molar-refractivity contribution in [1.29, 1.82) is 0 Å². The number of hydrogen-bond donors (Lipinski definition) is 1. The molecule has 0 amide bonds. The predicted molar refractivity (Wildman–Crippen MR) is 178 cm³/mol. The zero-order chi connectivity index (χ0) is 31.4. The molecule has 0 radical (unpaired) electrons. The summed E-state index contributed by atoms with van der Waals surface area (Å²) in [6.07, 6.45) is 2.88. The number of ether oxygens (including phenoxy) is 5. The van der Waals surface area contributed by atoms with Gasteiger partial charge in [0.1, 0.15) is 12.4 Å². The number of aryl methyl sites for hydroxylation is 4. The minimum absolute atomic E-state index is 0.368. The van der Waals surface area contributed by atoms with E-state index in [4.69, 9.17) is 23.7 Å². The maximum absolute atomic E-state index is 9.79. The average molecular weight is 606 g/mol. The zero-order valence-corrected chi connectivity index (χ0v) is 27.3. The van der Waals surface area contributed by atoms with Gasteiger partial charge in [-0.05, 0) is 95.8 Å². The Kier molecular flexibility index (Phi) is 13.1. The summed E-state index contributed by atoms with van der Waals surface area (Å²) in [4.78, 5) is 0. The van der Waals surface area contributed by atoms with Gasteiger partial charge in [0.2, 0.25) is 0 Å². The van der Waals surface area contributed by atoms with Crippen molar-refractivity contribution in [2.24, 2.45) is 0 Å². The van der Waals surface area contributed by atoms with Crippen LogP contribution in [0.25, 0.3) is 21.8 Å². The van der Waals surface area contributed by atoms with Crippen molar-refractivity contribution < 1.29 is 28.8 Å². The Morgan fingerprint density at radius 2 is 1.30 bits per heavy atom. The Bertz CT molecular complexity index is 1380. The van der Waals surface area contributed by atoms with Gasteiger partial charge in [-0.3, -0.25) is 0 Å². The molecule has 1 N–H and O–H groups in total. The van der Waals surface area contributed by atoms with Gasteiger partial charge in [0.05, 0.1) is 45.2 Å². The monoisotopic (exact) mass is 605 g/mol. The van der Waals surface area contributed by atoms with Crippen LogP contribution in [-0.4, -0.2) is 67.8 Å². The Hall–Kier alpha value is -2.94. The van der Waals surface area contributed by atoms with E-state index in [1.165, 1.54) is 38.5 Å². The first-order valence-electron chi connectivity index (χ1n) is 16.0. The summed E-state index contributed by atoms with van der Waals surface area (Å²) in [7, 11) is 0. The number of aromatic nitrogens is 1. The predicted octanol–water partition coefficient (Wildman–Crippen LogP) is 7.39. The number of rotatable bonds is 19. The quantitative estimate of drug-likeness (QED) is 0.0888. The van der Waals surface area contributed by atoms with E-state index in [-0.39, 0.29) is 5.60 Å². The Morgan fingerprint density at radius 3 is 1.91 bits per heavy atom. The van der Waals surface area contributed by atoms with Crippen molar-refractivity contribution in [2.75, 3.05) is 46.2 Å². The van der Waals surface area contributed by atoms with Gasteiger partial charge in [-0.2, -0.15) is 0 Å². The summed E-state index contributed by atoms with van der Waals surface area (Å²) >= 11 is 0. The fourth-order valence-corrected chi connectivity index (χ4v) is 5.37. The highest BCUT2D eigenvalue weighted by Gasteiger charge is 2.16. The molecule has 0 saturated heterocycles. The molecule has 7 nitrogen and oxygen atoms in total. The number of aliphatic hydroxyl groups excluding tert-OH is 1. The minimum Gasteiger partial charge on any atom is -0.491 e. The minimum atomic E-state index is -0.814. The zero-order valence-electron chi connectivity index (χ0n) is 27.3. The summed E-state index contributed by atoms with van der Waals surface area (Å²) in [5.41, 5.74) is 6.18. The van der Waals surface area contributed by atoms with Crippen molar-refractivity contribution in [3.05, 3.63) is 77.4 Å². The molecule has 0 aliphatic heterocycles. The van der Waals surface area contributed by atoms with Crippen LogP contribution < -0.4 is 4.74 Å².